The Kier molecular flexibility index (Phi) is 5.88. The van der Waals surface area contributed by atoms with Gasteiger partial charge in [-0.05, 0) is 38.8 Å². The van der Waals surface area contributed by atoms with Crippen molar-refractivity contribution in [2.45, 2.75) is 52.7 Å². The molecule has 3 amide bonds. The van der Waals surface area contributed by atoms with Crippen LogP contribution in [0.25, 0.3) is 0 Å². The zero-order valence-electron chi connectivity index (χ0n) is 16.1. The predicted octanol–water partition coefficient (Wildman–Crippen LogP) is 2.68. The van der Waals surface area contributed by atoms with E-state index in [0.717, 1.165) is 0 Å². The smallest absolute Gasteiger partial charge is 0.407 e. The summed E-state index contributed by atoms with van der Waals surface area (Å²) < 4.78 is 5.19. The highest BCUT2D eigenvalue weighted by molar-refractivity contribution is 6.20. The maximum Gasteiger partial charge on any atom is 0.407 e. The third-order valence-electron chi connectivity index (χ3n) is 3.84. The Balaban J connectivity index is 2.00. The van der Waals surface area contributed by atoms with Crippen molar-refractivity contribution < 1.29 is 28.8 Å². The largest absolute Gasteiger partial charge is 0.444 e. The molecule has 27 heavy (non-hydrogen) atoms. The first-order valence-electron chi connectivity index (χ1n) is 8.67. The maximum atomic E-state index is 12.3. The van der Waals surface area contributed by atoms with Gasteiger partial charge in [0.15, 0.2) is 0 Å². The van der Waals surface area contributed by atoms with E-state index in [1.807, 2.05) is 13.8 Å². The van der Waals surface area contributed by atoms with Gasteiger partial charge in [-0.25, -0.2) is 9.59 Å². The first-order chi connectivity index (χ1) is 12.5. The monoisotopic (exact) mass is 376 g/mol. The quantitative estimate of drug-likeness (QED) is 0.793. The van der Waals surface area contributed by atoms with Gasteiger partial charge < -0.3 is 14.9 Å². The number of carbonyl (C=O) groups excluding carboxylic acids is 4. The summed E-state index contributed by atoms with van der Waals surface area (Å²) in [6, 6.07) is 5.64. The number of amides is 3. The van der Waals surface area contributed by atoms with E-state index >= 15 is 0 Å². The zero-order chi connectivity index (χ0) is 20.4. The van der Waals surface area contributed by atoms with Crippen molar-refractivity contribution in [1.82, 2.24) is 10.4 Å². The molecule has 1 heterocycles. The fraction of sp³-hybridized carbons (Fsp3) is 0.474. The van der Waals surface area contributed by atoms with Crippen LogP contribution in [0.5, 0.6) is 0 Å². The van der Waals surface area contributed by atoms with E-state index in [0.29, 0.717) is 5.06 Å². The predicted molar refractivity (Wildman–Crippen MR) is 95.6 cm³/mol. The van der Waals surface area contributed by atoms with E-state index in [1.54, 1.807) is 32.9 Å². The number of ether oxygens (including phenoxy) is 1. The Morgan fingerprint density at radius 3 is 2.04 bits per heavy atom. The van der Waals surface area contributed by atoms with E-state index in [9.17, 15) is 19.2 Å². The SMILES string of the molecule is CC(C)C(CC(=O)ON1C(=O)c2ccccc2C1=O)NC(=O)OC(C)(C)C. The van der Waals surface area contributed by atoms with Gasteiger partial charge in [0.2, 0.25) is 0 Å². The van der Waals surface area contributed by atoms with E-state index in [1.165, 1.54) is 12.1 Å². The first kappa shape index (κ1) is 20.4. The minimum absolute atomic E-state index is 0.104. The molecule has 1 aromatic rings. The number of hydrogen-bond donors (Lipinski definition) is 1. The summed E-state index contributed by atoms with van der Waals surface area (Å²) in [6.45, 7) is 8.82. The highest BCUT2D eigenvalue weighted by atomic mass is 16.7. The van der Waals surface area contributed by atoms with Crippen LogP contribution in [0.1, 0.15) is 61.8 Å². The summed E-state index contributed by atoms with van der Waals surface area (Å²) in [6.07, 6.45) is -0.876. The second kappa shape index (κ2) is 7.77. The lowest BCUT2D eigenvalue weighted by molar-refractivity contribution is -0.169. The van der Waals surface area contributed by atoms with Crippen LogP contribution in [0, 0.1) is 5.92 Å². The number of rotatable bonds is 5. The summed E-state index contributed by atoms with van der Waals surface area (Å²) >= 11 is 0. The molecular weight excluding hydrogens is 352 g/mol. The van der Waals surface area contributed by atoms with Crippen molar-refractivity contribution >= 4 is 23.9 Å². The molecule has 2 rings (SSSR count). The molecule has 8 nitrogen and oxygen atoms in total. The molecule has 1 unspecified atom stereocenters. The third kappa shape index (κ3) is 5.06. The van der Waals surface area contributed by atoms with Gasteiger partial charge in [0.1, 0.15) is 5.60 Å². The number of imide groups is 1. The number of alkyl carbamates (subject to hydrolysis) is 1. The third-order valence-corrected chi connectivity index (χ3v) is 3.84. The summed E-state index contributed by atoms with van der Waals surface area (Å²) in [5.74, 6) is -2.29. The van der Waals surface area contributed by atoms with Crippen molar-refractivity contribution in [2.24, 2.45) is 5.92 Å². The van der Waals surface area contributed by atoms with E-state index in [-0.39, 0.29) is 23.5 Å². The van der Waals surface area contributed by atoms with Crippen LogP contribution >= 0.6 is 0 Å². The van der Waals surface area contributed by atoms with Crippen LogP contribution in [-0.4, -0.2) is 40.6 Å². The van der Waals surface area contributed by atoms with Crippen molar-refractivity contribution in [3.8, 4) is 0 Å². The standard InChI is InChI=1S/C19H24N2O6/c1-11(2)14(20-18(25)26-19(3,4)5)10-15(22)27-21-16(23)12-8-6-7-9-13(12)17(21)24/h6-9,11,14H,10H2,1-5H3,(H,20,25). The second-order valence-electron chi connectivity index (χ2n) is 7.61. The molecule has 0 radical (unpaired) electrons. The molecule has 0 aliphatic carbocycles. The van der Waals surface area contributed by atoms with Crippen molar-refractivity contribution in [2.75, 3.05) is 0 Å². The van der Waals surface area contributed by atoms with Crippen LogP contribution in [-0.2, 0) is 14.4 Å². The number of hydrogen-bond acceptors (Lipinski definition) is 6. The van der Waals surface area contributed by atoms with Crippen LogP contribution in [0.15, 0.2) is 24.3 Å². The minimum Gasteiger partial charge on any atom is -0.444 e. The van der Waals surface area contributed by atoms with Gasteiger partial charge in [-0.2, -0.15) is 0 Å². The summed E-state index contributed by atoms with van der Waals surface area (Å²) in [4.78, 5) is 53.7. The van der Waals surface area contributed by atoms with Crippen LogP contribution in [0.3, 0.4) is 0 Å². The van der Waals surface area contributed by atoms with Gasteiger partial charge in [-0.1, -0.05) is 31.0 Å². The molecule has 1 aromatic carbocycles. The van der Waals surface area contributed by atoms with Crippen LogP contribution in [0.2, 0.25) is 0 Å². The summed E-state index contributed by atoms with van der Waals surface area (Å²) in [5, 5.41) is 3.07. The van der Waals surface area contributed by atoms with E-state index in [4.69, 9.17) is 9.57 Å². The Morgan fingerprint density at radius 2 is 1.59 bits per heavy atom. The topological polar surface area (TPSA) is 102 Å². The summed E-state index contributed by atoms with van der Waals surface area (Å²) in [7, 11) is 0. The van der Waals surface area contributed by atoms with E-state index in [2.05, 4.69) is 5.32 Å². The normalized spacial score (nSPS) is 14.8. The molecule has 1 atom stereocenters. The van der Waals surface area contributed by atoms with Crippen molar-refractivity contribution in [1.29, 1.82) is 0 Å². The molecular formula is C19H24N2O6. The van der Waals surface area contributed by atoms with Crippen molar-refractivity contribution in [3.63, 3.8) is 0 Å². The summed E-state index contributed by atoms with van der Waals surface area (Å²) in [5.41, 5.74) is -0.308. The molecule has 1 aliphatic rings. The Hall–Kier alpha value is -2.90. The highest BCUT2D eigenvalue weighted by Gasteiger charge is 2.39. The number of hydroxylamine groups is 2. The molecule has 0 bridgehead atoms. The Labute approximate surface area is 157 Å². The number of benzene rings is 1. The fourth-order valence-electron chi connectivity index (χ4n) is 2.48. The average Bonchev–Trinajstić information content (AvgIpc) is 2.78. The lowest BCUT2D eigenvalue weighted by atomic mass is 10.0. The van der Waals surface area contributed by atoms with Gasteiger partial charge in [-0.15, -0.1) is 0 Å². The van der Waals surface area contributed by atoms with Gasteiger partial charge in [0.05, 0.1) is 17.5 Å². The maximum absolute atomic E-state index is 12.3. The molecule has 0 spiro atoms. The lowest BCUT2D eigenvalue weighted by Gasteiger charge is -2.25. The molecule has 1 aliphatic heterocycles. The van der Waals surface area contributed by atoms with Crippen molar-refractivity contribution in [3.05, 3.63) is 35.4 Å². The van der Waals surface area contributed by atoms with Crippen LogP contribution in [0.4, 0.5) is 4.79 Å². The molecule has 0 saturated carbocycles. The highest BCUT2D eigenvalue weighted by Crippen LogP contribution is 2.23. The van der Waals surface area contributed by atoms with Gasteiger partial charge >= 0.3 is 12.1 Å². The fourth-order valence-corrected chi connectivity index (χ4v) is 2.48. The Morgan fingerprint density at radius 1 is 1.07 bits per heavy atom. The number of fused-ring (bicyclic) bond motifs is 1. The molecule has 8 heteroatoms. The molecule has 1 N–H and O–H groups in total. The van der Waals surface area contributed by atoms with E-state index < -0.39 is 35.5 Å². The van der Waals surface area contributed by atoms with Gasteiger partial charge in [0.25, 0.3) is 11.8 Å². The number of nitrogens with zero attached hydrogens (tertiary/aromatic N) is 1. The minimum atomic E-state index is -0.806. The Bertz CT molecular complexity index is 731. The second-order valence-corrected chi connectivity index (χ2v) is 7.61. The molecule has 146 valence electrons. The average molecular weight is 376 g/mol. The number of nitrogens with one attached hydrogen (secondary N) is 1. The van der Waals surface area contributed by atoms with Crippen LogP contribution < -0.4 is 5.32 Å². The first-order valence-corrected chi connectivity index (χ1v) is 8.67. The lowest BCUT2D eigenvalue weighted by Crippen LogP contribution is -2.44. The molecule has 0 fully saturated rings. The zero-order valence-corrected chi connectivity index (χ0v) is 16.1. The van der Waals surface area contributed by atoms with Gasteiger partial charge in [0, 0.05) is 6.04 Å². The molecule has 0 saturated heterocycles. The number of carbonyl (C=O) groups is 4. The van der Waals surface area contributed by atoms with Gasteiger partial charge in [-0.3, -0.25) is 9.59 Å². The molecule has 0 aromatic heterocycles.